The van der Waals surface area contributed by atoms with Gasteiger partial charge in [0, 0.05) is 15.1 Å². The Hall–Kier alpha value is -1.21. The topological polar surface area (TPSA) is 72.6 Å². The van der Waals surface area contributed by atoms with Crippen molar-refractivity contribution in [3.8, 4) is 0 Å². The Kier molecular flexibility index (Phi) is 4.13. The third kappa shape index (κ3) is 2.97. The molecule has 1 aliphatic rings. The lowest BCUT2D eigenvalue weighted by Gasteiger charge is -2.11. The van der Waals surface area contributed by atoms with Gasteiger partial charge >= 0.3 is 6.09 Å². The van der Waals surface area contributed by atoms with Gasteiger partial charge in [-0.25, -0.2) is 9.69 Å². The first-order chi connectivity index (χ1) is 8.58. The van der Waals surface area contributed by atoms with Crippen LogP contribution in [0, 0.1) is 0 Å². The monoisotopic (exact) mass is 330 g/mol. The first kappa shape index (κ1) is 13.2. The van der Waals surface area contributed by atoms with Gasteiger partial charge in [0.05, 0.1) is 12.3 Å². The molecule has 1 aliphatic heterocycles. The molecule has 0 bridgehead atoms. The molecule has 2 amide bonds. The largest absolute Gasteiger partial charge is 0.447 e. The second-order valence-corrected chi connectivity index (χ2v) is 5.56. The minimum absolute atomic E-state index is 0.168. The number of cyclic esters (lactones) is 1. The van der Waals surface area contributed by atoms with Crippen molar-refractivity contribution < 1.29 is 14.3 Å². The second kappa shape index (κ2) is 5.62. The van der Waals surface area contributed by atoms with E-state index in [0.717, 1.165) is 14.3 Å². The van der Waals surface area contributed by atoms with Crippen LogP contribution in [0.15, 0.2) is 27.6 Å². The molecule has 1 saturated heterocycles. The summed E-state index contributed by atoms with van der Waals surface area (Å²) >= 11 is 4.62. The molecule has 0 unspecified atom stereocenters. The number of carbonyl (C=O) groups excluding carboxylic acids is 2. The Morgan fingerprint density at radius 1 is 1.56 bits per heavy atom. The third-order valence-electron chi connectivity index (χ3n) is 2.38. The van der Waals surface area contributed by atoms with E-state index in [4.69, 9.17) is 10.5 Å². The number of hydrogen-bond donors (Lipinski definition) is 1. The van der Waals surface area contributed by atoms with E-state index in [1.165, 1.54) is 11.8 Å². The smallest absolute Gasteiger partial charge is 0.416 e. The van der Waals surface area contributed by atoms with Crippen molar-refractivity contribution in [2.45, 2.75) is 4.90 Å². The van der Waals surface area contributed by atoms with Crippen LogP contribution in [0.25, 0.3) is 0 Å². The Bertz CT molecular complexity index is 495. The summed E-state index contributed by atoms with van der Waals surface area (Å²) in [7, 11) is 0. The van der Waals surface area contributed by atoms with Crippen molar-refractivity contribution in [2.24, 2.45) is 0 Å². The van der Waals surface area contributed by atoms with Crippen LogP contribution in [0.1, 0.15) is 0 Å². The standard InChI is InChI=1S/C11H11BrN2O3S/c12-7-1-2-9(8(13)5-7)18-6-10(15)14-3-4-17-11(14)16/h1-2,5H,3-4,6,13H2. The Balaban J connectivity index is 1.95. The van der Waals surface area contributed by atoms with Crippen molar-refractivity contribution in [3.63, 3.8) is 0 Å². The van der Waals surface area contributed by atoms with Crippen LogP contribution in [-0.4, -0.2) is 35.8 Å². The minimum atomic E-state index is -0.565. The molecule has 0 saturated carbocycles. The van der Waals surface area contributed by atoms with Gasteiger partial charge in [0.25, 0.3) is 0 Å². The molecule has 1 heterocycles. The molecular formula is C11H11BrN2O3S. The highest BCUT2D eigenvalue weighted by Crippen LogP contribution is 2.28. The minimum Gasteiger partial charge on any atom is -0.447 e. The average Bonchev–Trinajstić information content (AvgIpc) is 2.74. The predicted molar refractivity (Wildman–Crippen MR) is 72.3 cm³/mol. The number of nitrogens with zero attached hydrogens (tertiary/aromatic N) is 1. The van der Waals surface area contributed by atoms with E-state index in [-0.39, 0.29) is 18.3 Å². The number of nitrogen functional groups attached to an aromatic ring is 1. The fourth-order valence-electron chi connectivity index (χ4n) is 1.49. The highest BCUT2D eigenvalue weighted by molar-refractivity contribution is 9.10. The maximum atomic E-state index is 11.8. The van der Waals surface area contributed by atoms with Crippen LogP contribution in [-0.2, 0) is 9.53 Å². The highest BCUT2D eigenvalue weighted by atomic mass is 79.9. The fourth-order valence-corrected chi connectivity index (χ4v) is 2.69. The van der Waals surface area contributed by atoms with E-state index < -0.39 is 6.09 Å². The molecular weight excluding hydrogens is 320 g/mol. The van der Waals surface area contributed by atoms with E-state index in [1.54, 1.807) is 6.07 Å². The molecule has 0 radical (unpaired) electrons. The second-order valence-electron chi connectivity index (χ2n) is 3.63. The molecule has 7 heteroatoms. The number of nitrogens with two attached hydrogens (primary N) is 1. The molecule has 1 aromatic carbocycles. The Labute approximate surface area is 117 Å². The number of benzene rings is 1. The van der Waals surface area contributed by atoms with Gasteiger partial charge < -0.3 is 10.5 Å². The van der Waals surface area contributed by atoms with Gasteiger partial charge in [-0.05, 0) is 18.2 Å². The van der Waals surface area contributed by atoms with Crippen LogP contribution in [0.5, 0.6) is 0 Å². The summed E-state index contributed by atoms with van der Waals surface area (Å²) in [6.45, 7) is 0.601. The molecule has 5 nitrogen and oxygen atoms in total. The number of carbonyl (C=O) groups is 2. The number of imide groups is 1. The lowest BCUT2D eigenvalue weighted by atomic mass is 10.3. The third-order valence-corrected chi connectivity index (χ3v) is 3.95. The molecule has 1 fully saturated rings. The van der Waals surface area contributed by atoms with Crippen LogP contribution in [0.4, 0.5) is 10.5 Å². The summed E-state index contributed by atoms with van der Waals surface area (Å²) in [5, 5.41) is 0. The SMILES string of the molecule is Nc1cc(Br)ccc1SCC(=O)N1CCOC1=O. The lowest BCUT2D eigenvalue weighted by molar-refractivity contribution is -0.124. The Morgan fingerprint density at radius 3 is 2.94 bits per heavy atom. The predicted octanol–water partition coefficient (Wildman–Crippen LogP) is 2.10. The summed E-state index contributed by atoms with van der Waals surface area (Å²) < 4.78 is 5.59. The van der Waals surface area contributed by atoms with Gasteiger partial charge in [0.2, 0.25) is 5.91 Å². The van der Waals surface area contributed by atoms with Gasteiger partial charge in [-0.2, -0.15) is 0 Å². The molecule has 0 aromatic heterocycles. The van der Waals surface area contributed by atoms with Crippen molar-refractivity contribution in [3.05, 3.63) is 22.7 Å². The maximum Gasteiger partial charge on any atom is 0.416 e. The highest BCUT2D eigenvalue weighted by Gasteiger charge is 2.28. The summed E-state index contributed by atoms with van der Waals surface area (Å²) in [4.78, 5) is 24.9. The van der Waals surface area contributed by atoms with Gasteiger partial charge in [-0.3, -0.25) is 4.79 Å². The summed E-state index contributed by atoms with van der Waals surface area (Å²) in [6.07, 6.45) is -0.565. The van der Waals surface area contributed by atoms with E-state index in [9.17, 15) is 9.59 Å². The van der Waals surface area contributed by atoms with E-state index in [0.29, 0.717) is 12.2 Å². The maximum absolute atomic E-state index is 11.8. The quantitative estimate of drug-likeness (QED) is 0.678. The van der Waals surface area contributed by atoms with Crippen LogP contribution in [0.2, 0.25) is 0 Å². The van der Waals surface area contributed by atoms with E-state index >= 15 is 0 Å². The number of halogens is 1. The van der Waals surface area contributed by atoms with Gasteiger partial charge in [-0.15, -0.1) is 11.8 Å². The van der Waals surface area contributed by atoms with E-state index in [1.807, 2.05) is 12.1 Å². The van der Waals surface area contributed by atoms with Gasteiger partial charge in [0.1, 0.15) is 6.61 Å². The van der Waals surface area contributed by atoms with Gasteiger partial charge in [0.15, 0.2) is 0 Å². The van der Waals surface area contributed by atoms with Crippen molar-refractivity contribution in [1.29, 1.82) is 0 Å². The molecule has 0 spiro atoms. The number of amides is 2. The van der Waals surface area contributed by atoms with Crippen LogP contribution >= 0.6 is 27.7 Å². The van der Waals surface area contributed by atoms with Crippen LogP contribution in [0.3, 0.4) is 0 Å². The number of hydrogen-bond acceptors (Lipinski definition) is 5. The normalized spacial score (nSPS) is 14.7. The zero-order valence-electron chi connectivity index (χ0n) is 9.39. The number of ether oxygens (including phenoxy) is 1. The fraction of sp³-hybridized carbons (Fsp3) is 0.273. The number of rotatable bonds is 3. The average molecular weight is 331 g/mol. The first-order valence-electron chi connectivity index (χ1n) is 5.23. The molecule has 1 aromatic rings. The first-order valence-corrected chi connectivity index (χ1v) is 7.01. The van der Waals surface area contributed by atoms with Crippen LogP contribution < -0.4 is 5.73 Å². The van der Waals surface area contributed by atoms with Gasteiger partial charge in [-0.1, -0.05) is 15.9 Å². The molecule has 2 rings (SSSR count). The van der Waals surface area contributed by atoms with Crippen molar-refractivity contribution >= 4 is 45.4 Å². The molecule has 0 aliphatic carbocycles. The van der Waals surface area contributed by atoms with Crippen molar-refractivity contribution in [2.75, 3.05) is 24.6 Å². The Morgan fingerprint density at radius 2 is 2.33 bits per heavy atom. The molecule has 0 atom stereocenters. The molecule has 2 N–H and O–H groups in total. The number of thioether (sulfide) groups is 1. The zero-order chi connectivity index (χ0) is 13.1. The molecule has 96 valence electrons. The number of anilines is 1. The summed E-state index contributed by atoms with van der Waals surface area (Å²) in [6, 6.07) is 5.46. The van der Waals surface area contributed by atoms with E-state index in [2.05, 4.69) is 15.9 Å². The summed E-state index contributed by atoms with van der Waals surface area (Å²) in [5.41, 5.74) is 6.42. The van der Waals surface area contributed by atoms with Crippen molar-refractivity contribution in [1.82, 2.24) is 4.90 Å². The molecule has 18 heavy (non-hydrogen) atoms. The summed E-state index contributed by atoms with van der Waals surface area (Å²) in [5.74, 6) is -0.0918. The lowest BCUT2D eigenvalue weighted by Crippen LogP contribution is -2.32. The zero-order valence-corrected chi connectivity index (χ0v) is 11.8.